The molecule has 0 saturated carbocycles. The summed E-state index contributed by atoms with van der Waals surface area (Å²) in [5.74, 6) is 1.16. The number of hydrogen-bond donors (Lipinski definition) is 1. The monoisotopic (exact) mass is 280 g/mol. The van der Waals surface area contributed by atoms with E-state index in [4.69, 9.17) is 4.74 Å². The van der Waals surface area contributed by atoms with Crippen molar-refractivity contribution >= 4 is 5.91 Å². The van der Waals surface area contributed by atoms with Gasteiger partial charge in [0.15, 0.2) is 0 Å². The second kappa shape index (κ2) is 6.44. The maximum atomic E-state index is 12.9. The van der Waals surface area contributed by atoms with Crippen LogP contribution in [0.2, 0.25) is 0 Å². The Balaban J connectivity index is 1.66. The van der Waals surface area contributed by atoms with Crippen LogP contribution in [0.5, 0.6) is 0 Å². The molecule has 0 bridgehead atoms. The first kappa shape index (κ1) is 14.3. The summed E-state index contributed by atoms with van der Waals surface area (Å²) in [4.78, 5) is 15.1. The Hall–Kier alpha value is -0.610. The summed E-state index contributed by atoms with van der Waals surface area (Å²) in [6, 6.07) is 0.480. The molecule has 1 amide bonds. The van der Waals surface area contributed by atoms with Gasteiger partial charge in [-0.2, -0.15) is 0 Å². The molecule has 4 nitrogen and oxygen atoms in total. The second-order valence-electron chi connectivity index (χ2n) is 6.56. The van der Waals surface area contributed by atoms with Crippen molar-refractivity contribution in [3.63, 3.8) is 0 Å². The quantitative estimate of drug-likeness (QED) is 0.857. The number of carbonyl (C=O) groups is 1. The third-order valence-corrected chi connectivity index (χ3v) is 5.39. The predicted molar refractivity (Wildman–Crippen MR) is 78.5 cm³/mol. The topological polar surface area (TPSA) is 41.6 Å². The lowest BCUT2D eigenvalue weighted by Crippen LogP contribution is -2.48. The molecule has 0 aromatic carbocycles. The first-order valence-electron chi connectivity index (χ1n) is 8.44. The van der Waals surface area contributed by atoms with Crippen molar-refractivity contribution in [2.24, 2.45) is 11.8 Å². The van der Waals surface area contributed by atoms with Crippen LogP contribution in [0.3, 0.4) is 0 Å². The van der Waals surface area contributed by atoms with Crippen LogP contribution < -0.4 is 5.32 Å². The van der Waals surface area contributed by atoms with Gasteiger partial charge in [-0.1, -0.05) is 6.92 Å². The average Bonchev–Trinajstić information content (AvgIpc) is 3.16. The molecule has 3 aliphatic heterocycles. The molecule has 0 radical (unpaired) electrons. The van der Waals surface area contributed by atoms with Crippen molar-refractivity contribution in [2.45, 2.75) is 57.6 Å². The number of hydrogen-bond acceptors (Lipinski definition) is 3. The Morgan fingerprint density at radius 1 is 1.30 bits per heavy atom. The van der Waals surface area contributed by atoms with Gasteiger partial charge in [0.05, 0.1) is 12.0 Å². The van der Waals surface area contributed by atoms with E-state index in [1.54, 1.807) is 0 Å². The normalized spacial score (nSPS) is 38.4. The van der Waals surface area contributed by atoms with E-state index in [1.165, 1.54) is 25.7 Å². The van der Waals surface area contributed by atoms with Crippen LogP contribution in [-0.2, 0) is 9.53 Å². The van der Waals surface area contributed by atoms with Crippen LogP contribution in [0.15, 0.2) is 0 Å². The maximum absolute atomic E-state index is 12.9. The standard InChI is InChI=1S/C16H28N2O2/c1-2-15-13(7-10-20-15)16(19)18-9-4-6-14(18)12-5-3-8-17-11-12/h12-15,17H,2-11H2,1H3. The summed E-state index contributed by atoms with van der Waals surface area (Å²) >= 11 is 0. The molecular formula is C16H28N2O2. The highest BCUT2D eigenvalue weighted by atomic mass is 16.5. The number of likely N-dealkylation sites (tertiary alicyclic amines) is 1. The highest BCUT2D eigenvalue weighted by Crippen LogP contribution is 2.33. The molecule has 3 aliphatic rings. The molecule has 3 saturated heterocycles. The van der Waals surface area contributed by atoms with Gasteiger partial charge in [0.25, 0.3) is 0 Å². The van der Waals surface area contributed by atoms with E-state index in [0.29, 0.717) is 17.9 Å². The SMILES string of the molecule is CCC1OCCC1C(=O)N1CCCC1C1CCCNC1. The number of amides is 1. The lowest BCUT2D eigenvalue weighted by Gasteiger charge is -2.36. The van der Waals surface area contributed by atoms with E-state index in [2.05, 4.69) is 17.1 Å². The lowest BCUT2D eigenvalue weighted by atomic mass is 9.89. The van der Waals surface area contributed by atoms with Gasteiger partial charge in [-0.3, -0.25) is 4.79 Å². The van der Waals surface area contributed by atoms with E-state index in [9.17, 15) is 4.79 Å². The Morgan fingerprint density at radius 2 is 2.20 bits per heavy atom. The molecular weight excluding hydrogens is 252 g/mol. The molecule has 0 aliphatic carbocycles. The van der Waals surface area contributed by atoms with Crippen LogP contribution in [0.25, 0.3) is 0 Å². The lowest BCUT2D eigenvalue weighted by molar-refractivity contribution is -0.139. The van der Waals surface area contributed by atoms with Gasteiger partial charge in [0, 0.05) is 19.2 Å². The minimum atomic E-state index is 0.122. The Kier molecular flexibility index (Phi) is 4.61. The molecule has 4 atom stereocenters. The minimum Gasteiger partial charge on any atom is -0.377 e. The van der Waals surface area contributed by atoms with Gasteiger partial charge in [-0.05, 0) is 57.5 Å². The predicted octanol–water partition coefficient (Wildman–Crippen LogP) is 1.79. The number of nitrogens with one attached hydrogen (secondary N) is 1. The van der Waals surface area contributed by atoms with Crippen molar-refractivity contribution in [1.82, 2.24) is 10.2 Å². The van der Waals surface area contributed by atoms with Crippen molar-refractivity contribution in [1.29, 1.82) is 0 Å². The third kappa shape index (κ3) is 2.73. The van der Waals surface area contributed by atoms with E-state index in [-0.39, 0.29) is 12.0 Å². The molecule has 4 heteroatoms. The fraction of sp³-hybridized carbons (Fsp3) is 0.938. The highest BCUT2D eigenvalue weighted by Gasteiger charge is 2.41. The third-order valence-electron chi connectivity index (χ3n) is 5.39. The Labute approximate surface area is 122 Å². The summed E-state index contributed by atoms with van der Waals surface area (Å²) in [5, 5.41) is 3.50. The van der Waals surface area contributed by atoms with Gasteiger partial charge in [0.2, 0.25) is 5.91 Å². The van der Waals surface area contributed by atoms with Crippen molar-refractivity contribution in [2.75, 3.05) is 26.2 Å². The van der Waals surface area contributed by atoms with Crippen molar-refractivity contribution < 1.29 is 9.53 Å². The van der Waals surface area contributed by atoms with E-state index >= 15 is 0 Å². The molecule has 114 valence electrons. The molecule has 0 aromatic rings. The van der Waals surface area contributed by atoms with Crippen molar-refractivity contribution in [3.8, 4) is 0 Å². The zero-order valence-corrected chi connectivity index (χ0v) is 12.6. The van der Waals surface area contributed by atoms with Crippen LogP contribution in [-0.4, -0.2) is 49.2 Å². The average molecular weight is 280 g/mol. The zero-order chi connectivity index (χ0) is 13.9. The highest BCUT2D eigenvalue weighted by molar-refractivity contribution is 5.80. The Morgan fingerprint density at radius 3 is 2.95 bits per heavy atom. The summed E-state index contributed by atoms with van der Waals surface area (Å²) < 4.78 is 5.72. The van der Waals surface area contributed by atoms with E-state index in [1.807, 2.05) is 0 Å². The molecule has 0 aromatic heterocycles. The van der Waals surface area contributed by atoms with Crippen LogP contribution >= 0.6 is 0 Å². The molecule has 1 N–H and O–H groups in total. The molecule has 3 fully saturated rings. The number of carbonyl (C=O) groups excluding carboxylic acids is 1. The molecule has 4 unspecified atom stereocenters. The second-order valence-corrected chi connectivity index (χ2v) is 6.56. The fourth-order valence-electron chi connectivity index (χ4n) is 4.31. The molecule has 0 spiro atoms. The number of nitrogens with zero attached hydrogens (tertiary/aromatic N) is 1. The summed E-state index contributed by atoms with van der Waals surface area (Å²) in [6.45, 7) is 6.09. The molecule has 20 heavy (non-hydrogen) atoms. The molecule has 3 rings (SSSR count). The van der Waals surface area contributed by atoms with Crippen LogP contribution in [0.4, 0.5) is 0 Å². The first-order chi connectivity index (χ1) is 9.81. The van der Waals surface area contributed by atoms with Crippen molar-refractivity contribution in [3.05, 3.63) is 0 Å². The fourth-order valence-corrected chi connectivity index (χ4v) is 4.31. The van der Waals surface area contributed by atoms with Gasteiger partial charge in [0.1, 0.15) is 0 Å². The van der Waals surface area contributed by atoms with Gasteiger partial charge >= 0.3 is 0 Å². The van der Waals surface area contributed by atoms with Gasteiger partial charge < -0.3 is 15.0 Å². The first-order valence-corrected chi connectivity index (χ1v) is 8.44. The smallest absolute Gasteiger partial charge is 0.228 e. The van der Waals surface area contributed by atoms with Crippen LogP contribution in [0.1, 0.15) is 45.4 Å². The van der Waals surface area contributed by atoms with E-state index in [0.717, 1.165) is 39.1 Å². The van der Waals surface area contributed by atoms with Gasteiger partial charge in [-0.25, -0.2) is 0 Å². The summed E-state index contributed by atoms with van der Waals surface area (Å²) in [7, 11) is 0. The van der Waals surface area contributed by atoms with Gasteiger partial charge in [-0.15, -0.1) is 0 Å². The molecule has 3 heterocycles. The Bertz CT molecular complexity index is 341. The number of rotatable bonds is 3. The van der Waals surface area contributed by atoms with E-state index < -0.39 is 0 Å². The largest absolute Gasteiger partial charge is 0.377 e. The maximum Gasteiger partial charge on any atom is 0.228 e. The number of ether oxygens (including phenoxy) is 1. The van der Waals surface area contributed by atoms with Crippen LogP contribution in [0, 0.1) is 11.8 Å². The minimum absolute atomic E-state index is 0.122. The summed E-state index contributed by atoms with van der Waals surface area (Å²) in [5.41, 5.74) is 0. The zero-order valence-electron chi connectivity index (χ0n) is 12.6. The summed E-state index contributed by atoms with van der Waals surface area (Å²) in [6.07, 6.45) is 6.95. The number of piperidine rings is 1.